The number of hydrogen-bond donors (Lipinski definition) is 1. The molecule has 2 aromatic carbocycles. The molecule has 4 rings (SSSR count). The number of rotatable bonds is 6. The molecule has 7 nitrogen and oxygen atoms in total. The van der Waals surface area contributed by atoms with E-state index in [9.17, 15) is 9.59 Å². The first-order chi connectivity index (χ1) is 15.9. The molecule has 172 valence electrons. The maximum Gasteiger partial charge on any atom is 0.287 e. The van der Waals surface area contributed by atoms with Crippen LogP contribution in [-0.4, -0.2) is 45.9 Å². The Hall–Kier alpha value is -3.16. The molecule has 0 bridgehead atoms. The lowest BCUT2D eigenvalue weighted by molar-refractivity contribution is -0.0586. The van der Waals surface area contributed by atoms with E-state index in [1.54, 1.807) is 6.20 Å². The predicted molar refractivity (Wildman–Crippen MR) is 129 cm³/mol. The van der Waals surface area contributed by atoms with Gasteiger partial charge < -0.3 is 15.0 Å². The van der Waals surface area contributed by atoms with Crippen molar-refractivity contribution >= 4 is 23.2 Å². The van der Waals surface area contributed by atoms with Crippen LogP contribution in [0.4, 0.5) is 5.69 Å². The molecule has 1 N–H and O–H groups in total. The van der Waals surface area contributed by atoms with Crippen molar-refractivity contribution in [3.05, 3.63) is 92.9 Å². The number of carbonyl (C=O) groups excluding carboxylic acids is 1. The highest BCUT2D eigenvalue weighted by Gasteiger charge is 2.26. The van der Waals surface area contributed by atoms with Crippen LogP contribution in [-0.2, 0) is 17.8 Å². The summed E-state index contributed by atoms with van der Waals surface area (Å²) >= 11 is 6.31. The molecule has 33 heavy (non-hydrogen) atoms. The van der Waals surface area contributed by atoms with Crippen molar-refractivity contribution in [1.29, 1.82) is 0 Å². The first-order valence-electron chi connectivity index (χ1n) is 11.0. The molecule has 2 atom stereocenters. The zero-order valence-corrected chi connectivity index (χ0v) is 19.5. The van der Waals surface area contributed by atoms with Crippen molar-refractivity contribution in [2.75, 3.05) is 18.4 Å². The van der Waals surface area contributed by atoms with Gasteiger partial charge in [0.2, 0.25) is 0 Å². The highest BCUT2D eigenvalue weighted by Crippen LogP contribution is 2.18. The van der Waals surface area contributed by atoms with E-state index < -0.39 is 0 Å². The first kappa shape index (κ1) is 23.0. The highest BCUT2D eigenvalue weighted by atomic mass is 35.5. The van der Waals surface area contributed by atoms with E-state index in [2.05, 4.69) is 10.4 Å². The lowest BCUT2D eigenvalue weighted by atomic mass is 10.1. The van der Waals surface area contributed by atoms with Gasteiger partial charge in [0, 0.05) is 25.2 Å². The zero-order chi connectivity index (χ0) is 23.4. The van der Waals surface area contributed by atoms with Gasteiger partial charge in [-0.3, -0.25) is 9.59 Å². The second-order valence-electron chi connectivity index (χ2n) is 8.34. The van der Waals surface area contributed by atoms with Gasteiger partial charge in [0.15, 0.2) is 0 Å². The monoisotopic (exact) mass is 466 g/mol. The number of aromatic nitrogens is 2. The van der Waals surface area contributed by atoms with Gasteiger partial charge in [-0.1, -0.05) is 54.1 Å². The van der Waals surface area contributed by atoms with E-state index in [4.69, 9.17) is 16.3 Å². The Bertz CT molecular complexity index is 1150. The number of nitrogens with zero attached hydrogens (tertiary/aromatic N) is 3. The Morgan fingerprint density at radius 2 is 1.73 bits per heavy atom. The average Bonchev–Trinajstić information content (AvgIpc) is 2.81. The molecule has 1 aliphatic heterocycles. The number of anilines is 1. The summed E-state index contributed by atoms with van der Waals surface area (Å²) in [5, 5.41) is 7.51. The van der Waals surface area contributed by atoms with Crippen LogP contribution in [0.5, 0.6) is 0 Å². The minimum atomic E-state index is -0.347. The van der Waals surface area contributed by atoms with Gasteiger partial charge in [-0.15, -0.1) is 0 Å². The molecule has 0 spiro atoms. The fraction of sp³-hybridized carbons (Fsp3) is 0.320. The summed E-state index contributed by atoms with van der Waals surface area (Å²) in [5.74, 6) is 0.00535. The quantitative estimate of drug-likeness (QED) is 0.598. The molecule has 1 saturated heterocycles. The molecular weight excluding hydrogens is 440 g/mol. The van der Waals surface area contributed by atoms with Gasteiger partial charge in [-0.25, -0.2) is 4.68 Å². The lowest BCUT2D eigenvalue weighted by Gasteiger charge is -2.35. The largest absolute Gasteiger partial charge is 0.378 e. The predicted octanol–water partition coefficient (Wildman–Crippen LogP) is 3.81. The molecule has 1 amide bonds. The fourth-order valence-corrected chi connectivity index (χ4v) is 4.16. The average molecular weight is 467 g/mol. The van der Waals surface area contributed by atoms with Gasteiger partial charge in [0.05, 0.1) is 30.6 Å². The van der Waals surface area contributed by atoms with Crippen LogP contribution in [0.15, 0.2) is 65.6 Å². The van der Waals surface area contributed by atoms with Crippen LogP contribution < -0.4 is 10.9 Å². The number of hydrogen-bond acceptors (Lipinski definition) is 5. The van der Waals surface area contributed by atoms with Crippen molar-refractivity contribution < 1.29 is 9.53 Å². The van der Waals surface area contributed by atoms with Crippen LogP contribution in [0.2, 0.25) is 5.02 Å². The summed E-state index contributed by atoms with van der Waals surface area (Å²) in [6.07, 6.45) is 1.62. The van der Waals surface area contributed by atoms with Crippen molar-refractivity contribution in [1.82, 2.24) is 14.7 Å². The third-order valence-corrected chi connectivity index (χ3v) is 5.92. The number of amides is 1. The molecule has 0 radical (unpaired) electrons. The number of carbonyl (C=O) groups is 1. The van der Waals surface area contributed by atoms with Crippen LogP contribution in [0, 0.1) is 0 Å². The summed E-state index contributed by atoms with van der Waals surface area (Å²) in [6, 6.07) is 17.1. The summed E-state index contributed by atoms with van der Waals surface area (Å²) in [4.78, 5) is 27.3. The summed E-state index contributed by atoms with van der Waals surface area (Å²) in [5.41, 5.74) is 2.70. The van der Waals surface area contributed by atoms with Crippen molar-refractivity contribution in [3.63, 3.8) is 0 Å². The molecule has 1 fully saturated rings. The first-order valence-corrected chi connectivity index (χ1v) is 11.4. The third-order valence-electron chi connectivity index (χ3n) is 5.55. The minimum absolute atomic E-state index is 0.00535. The summed E-state index contributed by atoms with van der Waals surface area (Å²) < 4.78 is 7.05. The van der Waals surface area contributed by atoms with Gasteiger partial charge in [0.25, 0.3) is 11.5 Å². The summed E-state index contributed by atoms with van der Waals surface area (Å²) in [6.45, 7) is 5.94. The highest BCUT2D eigenvalue weighted by molar-refractivity contribution is 6.32. The van der Waals surface area contributed by atoms with E-state index in [0.29, 0.717) is 37.4 Å². The molecule has 2 heterocycles. The van der Waals surface area contributed by atoms with Crippen LogP contribution in [0.1, 0.15) is 35.3 Å². The van der Waals surface area contributed by atoms with E-state index in [-0.39, 0.29) is 28.7 Å². The molecular formula is C25H27ClN4O3. The van der Waals surface area contributed by atoms with Gasteiger partial charge in [0.1, 0.15) is 5.02 Å². The minimum Gasteiger partial charge on any atom is -0.378 e. The van der Waals surface area contributed by atoms with Crippen molar-refractivity contribution in [2.45, 2.75) is 39.1 Å². The smallest absolute Gasteiger partial charge is 0.287 e. The lowest BCUT2D eigenvalue weighted by Crippen LogP contribution is -2.48. The van der Waals surface area contributed by atoms with Crippen LogP contribution in [0.25, 0.3) is 0 Å². The topological polar surface area (TPSA) is 76.5 Å². The van der Waals surface area contributed by atoms with Crippen molar-refractivity contribution in [2.24, 2.45) is 0 Å². The zero-order valence-electron chi connectivity index (χ0n) is 18.7. The number of morpholine rings is 1. The van der Waals surface area contributed by atoms with E-state index in [1.807, 2.05) is 73.3 Å². The maximum atomic E-state index is 12.8. The second-order valence-corrected chi connectivity index (χ2v) is 8.72. The van der Waals surface area contributed by atoms with E-state index in [0.717, 1.165) is 11.1 Å². The van der Waals surface area contributed by atoms with Gasteiger partial charge >= 0.3 is 0 Å². The number of nitrogens with one attached hydrogen (secondary N) is 1. The maximum absolute atomic E-state index is 12.8. The van der Waals surface area contributed by atoms with Gasteiger partial charge in [-0.05, 0) is 37.1 Å². The molecule has 1 aliphatic rings. The molecule has 1 aromatic heterocycles. The number of halogens is 1. The third kappa shape index (κ3) is 5.61. The Labute approximate surface area is 197 Å². The Morgan fingerprint density at radius 3 is 2.39 bits per heavy atom. The second kappa shape index (κ2) is 10.2. The Morgan fingerprint density at radius 1 is 1.06 bits per heavy atom. The molecule has 2 unspecified atom stereocenters. The van der Waals surface area contributed by atoms with Gasteiger partial charge in [-0.2, -0.15) is 5.10 Å². The SMILES string of the molecule is CC1CN(C(=O)c2ccc(CNc3cnn(Cc4ccccc4)c(=O)c3Cl)cc2)CC(C)O1. The van der Waals surface area contributed by atoms with Crippen molar-refractivity contribution in [3.8, 4) is 0 Å². The van der Waals surface area contributed by atoms with E-state index >= 15 is 0 Å². The number of benzene rings is 2. The van der Waals surface area contributed by atoms with Crippen LogP contribution >= 0.6 is 11.6 Å². The Kier molecular flexibility index (Phi) is 7.11. The number of ether oxygens (including phenoxy) is 1. The molecule has 0 saturated carbocycles. The van der Waals surface area contributed by atoms with Crippen LogP contribution in [0.3, 0.4) is 0 Å². The summed E-state index contributed by atoms with van der Waals surface area (Å²) in [7, 11) is 0. The van der Waals surface area contributed by atoms with E-state index in [1.165, 1.54) is 4.68 Å². The molecule has 3 aromatic rings. The molecule has 8 heteroatoms. The normalized spacial score (nSPS) is 18.2. The fourth-order valence-electron chi connectivity index (χ4n) is 3.95. The molecule has 0 aliphatic carbocycles. The Balaban J connectivity index is 1.38. The standard InChI is InChI=1S/C25H27ClN4O3/c1-17-14-29(15-18(2)33-17)24(31)21-10-8-19(9-11-21)12-27-22-13-28-30(25(32)23(22)26)16-20-6-4-3-5-7-20/h3-11,13,17-18,27H,12,14-16H2,1-2H3.